The van der Waals surface area contributed by atoms with Gasteiger partial charge in [-0.3, -0.25) is 0 Å². The topological polar surface area (TPSA) is 44.5 Å². The fourth-order valence-corrected chi connectivity index (χ4v) is 3.01. The van der Waals surface area contributed by atoms with Gasteiger partial charge >= 0.3 is 0 Å². The molecule has 0 radical (unpaired) electrons. The first-order valence-electron chi connectivity index (χ1n) is 5.74. The third-order valence-electron chi connectivity index (χ3n) is 2.66. The van der Waals surface area contributed by atoms with E-state index in [0.717, 1.165) is 30.5 Å². The first-order chi connectivity index (χ1) is 9.55. The highest BCUT2D eigenvalue weighted by atomic mass is 79.9. The summed E-state index contributed by atoms with van der Waals surface area (Å²) in [4.78, 5) is 0. The van der Waals surface area contributed by atoms with E-state index in [9.17, 15) is 0 Å². The Balaban J connectivity index is 2.32. The van der Waals surface area contributed by atoms with Crippen LogP contribution in [0.4, 0.5) is 0 Å². The molecular formula is C14H12Br3NO2. The van der Waals surface area contributed by atoms with E-state index in [-0.39, 0.29) is 0 Å². The van der Waals surface area contributed by atoms with Crippen molar-refractivity contribution in [1.29, 1.82) is 0 Å². The van der Waals surface area contributed by atoms with E-state index in [2.05, 4.69) is 47.8 Å². The summed E-state index contributed by atoms with van der Waals surface area (Å²) in [6.45, 7) is 0.497. The van der Waals surface area contributed by atoms with E-state index in [0.29, 0.717) is 12.3 Å². The van der Waals surface area contributed by atoms with Crippen LogP contribution in [0.2, 0.25) is 0 Å². The summed E-state index contributed by atoms with van der Waals surface area (Å²) in [6, 6.07) is 9.47. The molecule has 0 heterocycles. The molecule has 0 atom stereocenters. The van der Waals surface area contributed by atoms with Crippen LogP contribution < -0.4 is 15.2 Å². The van der Waals surface area contributed by atoms with Gasteiger partial charge in [0.2, 0.25) is 0 Å². The molecule has 2 rings (SSSR count). The van der Waals surface area contributed by atoms with Gasteiger partial charge in [0.15, 0.2) is 0 Å². The maximum atomic E-state index is 5.90. The van der Waals surface area contributed by atoms with Crippen molar-refractivity contribution in [3.63, 3.8) is 0 Å². The highest BCUT2D eigenvalue weighted by molar-refractivity contribution is 9.11. The van der Waals surface area contributed by atoms with Gasteiger partial charge in [0.25, 0.3) is 0 Å². The molecule has 0 aliphatic rings. The number of rotatable bonds is 4. The number of benzene rings is 2. The number of hydrogen-bond acceptors (Lipinski definition) is 3. The molecule has 0 saturated heterocycles. The Morgan fingerprint density at radius 2 is 1.50 bits per heavy atom. The normalized spacial score (nSPS) is 10.4. The van der Waals surface area contributed by atoms with Gasteiger partial charge in [0.05, 0.1) is 20.5 Å². The number of ether oxygens (including phenoxy) is 2. The number of nitrogens with two attached hydrogens (primary N) is 1. The van der Waals surface area contributed by atoms with Crippen molar-refractivity contribution in [2.24, 2.45) is 5.73 Å². The number of hydrogen-bond donors (Lipinski definition) is 1. The molecule has 2 aromatic carbocycles. The molecule has 0 bridgehead atoms. The molecule has 0 amide bonds. The summed E-state index contributed by atoms with van der Waals surface area (Å²) in [5, 5.41) is 0. The summed E-state index contributed by atoms with van der Waals surface area (Å²) in [6.07, 6.45) is 0. The molecule has 0 spiro atoms. The third kappa shape index (κ3) is 3.55. The molecule has 0 aromatic heterocycles. The lowest BCUT2D eigenvalue weighted by Crippen LogP contribution is -1.96. The minimum Gasteiger partial charge on any atom is -0.496 e. The van der Waals surface area contributed by atoms with Gasteiger partial charge in [0, 0.05) is 6.54 Å². The van der Waals surface area contributed by atoms with Gasteiger partial charge in [-0.1, -0.05) is 6.07 Å². The van der Waals surface area contributed by atoms with Gasteiger partial charge < -0.3 is 15.2 Å². The first-order valence-corrected chi connectivity index (χ1v) is 8.12. The fraction of sp³-hybridized carbons (Fsp3) is 0.143. The van der Waals surface area contributed by atoms with Crippen LogP contribution in [-0.4, -0.2) is 7.11 Å². The lowest BCUT2D eigenvalue weighted by atomic mass is 10.2. The molecular weight excluding hydrogens is 454 g/mol. The van der Waals surface area contributed by atoms with Crippen LogP contribution in [0.15, 0.2) is 43.7 Å². The minimum atomic E-state index is 0.497. The molecule has 2 N–H and O–H groups in total. The molecule has 2 aromatic rings. The van der Waals surface area contributed by atoms with E-state index in [1.807, 2.05) is 30.3 Å². The summed E-state index contributed by atoms with van der Waals surface area (Å²) in [5.74, 6) is 2.15. The Labute approximate surface area is 142 Å². The van der Waals surface area contributed by atoms with Crippen molar-refractivity contribution in [1.82, 2.24) is 0 Å². The maximum absolute atomic E-state index is 5.90. The van der Waals surface area contributed by atoms with Crippen molar-refractivity contribution in [3.05, 3.63) is 49.3 Å². The standard InChI is InChI=1S/C14H12Br3NO2/c1-19-13-5-11(17)14(6-10(13)16)20-12-3-2-8(7-18)4-9(12)15/h2-6H,7,18H2,1H3. The minimum absolute atomic E-state index is 0.497. The van der Waals surface area contributed by atoms with Crippen LogP contribution in [0.3, 0.4) is 0 Å². The lowest BCUT2D eigenvalue weighted by molar-refractivity contribution is 0.409. The Hall–Kier alpha value is -0.560. The second kappa shape index (κ2) is 6.93. The molecule has 0 aliphatic heterocycles. The quantitative estimate of drug-likeness (QED) is 0.672. The van der Waals surface area contributed by atoms with Crippen molar-refractivity contribution in [2.45, 2.75) is 6.54 Å². The summed E-state index contributed by atoms with van der Waals surface area (Å²) >= 11 is 10.4. The smallest absolute Gasteiger partial charge is 0.143 e. The lowest BCUT2D eigenvalue weighted by Gasteiger charge is -2.12. The van der Waals surface area contributed by atoms with Gasteiger partial charge in [-0.25, -0.2) is 0 Å². The zero-order chi connectivity index (χ0) is 14.7. The van der Waals surface area contributed by atoms with E-state index in [1.54, 1.807) is 7.11 Å². The number of methoxy groups -OCH3 is 1. The van der Waals surface area contributed by atoms with Crippen LogP contribution in [0, 0.1) is 0 Å². The third-order valence-corrected chi connectivity index (χ3v) is 4.52. The van der Waals surface area contributed by atoms with Crippen LogP contribution in [0.25, 0.3) is 0 Å². The molecule has 3 nitrogen and oxygen atoms in total. The first kappa shape index (κ1) is 15.8. The van der Waals surface area contributed by atoms with Crippen LogP contribution >= 0.6 is 47.8 Å². The summed E-state index contributed by atoms with van der Waals surface area (Å²) in [7, 11) is 1.62. The van der Waals surface area contributed by atoms with Gasteiger partial charge in [-0.05, 0) is 77.6 Å². The van der Waals surface area contributed by atoms with Crippen LogP contribution in [0.5, 0.6) is 17.2 Å². The van der Waals surface area contributed by atoms with Crippen molar-refractivity contribution in [3.8, 4) is 17.2 Å². The van der Waals surface area contributed by atoms with Crippen molar-refractivity contribution < 1.29 is 9.47 Å². The molecule has 0 fully saturated rings. The van der Waals surface area contributed by atoms with E-state index in [4.69, 9.17) is 15.2 Å². The van der Waals surface area contributed by atoms with Crippen molar-refractivity contribution in [2.75, 3.05) is 7.11 Å². The fourth-order valence-electron chi connectivity index (χ4n) is 1.62. The van der Waals surface area contributed by atoms with E-state index < -0.39 is 0 Å². The molecule has 0 saturated carbocycles. The Bertz CT molecular complexity index is 632. The average molecular weight is 466 g/mol. The van der Waals surface area contributed by atoms with Gasteiger partial charge in [-0.15, -0.1) is 0 Å². The summed E-state index contributed by atoms with van der Waals surface area (Å²) in [5.41, 5.74) is 6.65. The van der Waals surface area contributed by atoms with Crippen LogP contribution in [0.1, 0.15) is 5.56 Å². The second-order valence-electron chi connectivity index (χ2n) is 3.99. The predicted octanol–water partition coefficient (Wildman–Crippen LogP) is 5.23. The predicted molar refractivity (Wildman–Crippen MR) is 90.5 cm³/mol. The zero-order valence-corrected chi connectivity index (χ0v) is 15.4. The zero-order valence-electron chi connectivity index (χ0n) is 10.6. The van der Waals surface area contributed by atoms with Crippen molar-refractivity contribution >= 4 is 47.8 Å². The largest absolute Gasteiger partial charge is 0.496 e. The van der Waals surface area contributed by atoms with E-state index >= 15 is 0 Å². The Morgan fingerprint density at radius 3 is 2.10 bits per heavy atom. The van der Waals surface area contributed by atoms with Gasteiger partial charge in [0.1, 0.15) is 17.2 Å². The average Bonchev–Trinajstić information content (AvgIpc) is 2.44. The highest BCUT2D eigenvalue weighted by Gasteiger charge is 2.11. The SMILES string of the molecule is COc1cc(Br)c(Oc2ccc(CN)cc2Br)cc1Br. The highest BCUT2D eigenvalue weighted by Crippen LogP contribution is 2.39. The number of halogens is 3. The second-order valence-corrected chi connectivity index (χ2v) is 6.55. The van der Waals surface area contributed by atoms with Crippen LogP contribution in [-0.2, 0) is 6.54 Å². The monoisotopic (exact) mass is 463 g/mol. The molecule has 6 heteroatoms. The Morgan fingerprint density at radius 1 is 0.900 bits per heavy atom. The molecule has 0 aliphatic carbocycles. The molecule has 0 unspecified atom stereocenters. The Kier molecular flexibility index (Phi) is 5.49. The van der Waals surface area contributed by atoms with E-state index in [1.165, 1.54) is 0 Å². The molecule has 106 valence electrons. The summed E-state index contributed by atoms with van der Waals surface area (Å²) < 4.78 is 13.6. The van der Waals surface area contributed by atoms with Gasteiger partial charge in [-0.2, -0.15) is 0 Å². The maximum Gasteiger partial charge on any atom is 0.143 e. The molecule has 20 heavy (non-hydrogen) atoms.